The van der Waals surface area contributed by atoms with Gasteiger partial charge in [-0.15, -0.1) is 0 Å². The Balaban J connectivity index is 1.95. The summed E-state index contributed by atoms with van der Waals surface area (Å²) >= 11 is 0. The second-order valence-electron chi connectivity index (χ2n) is 9.54. The Bertz CT molecular complexity index is 1400. The van der Waals surface area contributed by atoms with Crippen molar-refractivity contribution < 1.29 is 28.9 Å². The summed E-state index contributed by atoms with van der Waals surface area (Å²) in [4.78, 5) is 35.0. The Kier molecular flexibility index (Phi) is 7.63. The average Bonchev–Trinajstić information content (AvgIpc) is 3.37. The highest BCUT2D eigenvalue weighted by Gasteiger charge is 2.47. The summed E-state index contributed by atoms with van der Waals surface area (Å²) in [6.45, 7) is 4.77. The second-order valence-corrected chi connectivity index (χ2v) is 9.54. The van der Waals surface area contributed by atoms with Gasteiger partial charge in [-0.1, -0.05) is 6.07 Å². The molecule has 1 aliphatic heterocycles. The van der Waals surface area contributed by atoms with E-state index in [1.807, 2.05) is 55.6 Å². The molecule has 2 aromatic heterocycles. The number of aryl methyl sites for hydroxylation is 2. The SMILES string of the molecule is COc1cc(C2/C(=C(\O)c3nc4c(C)cccn4c3C)C(=O)C(=O)N2CCCN(C)C)cc(OC)c1OC. The average molecular weight is 523 g/mol. The number of aromatic nitrogens is 2. The van der Waals surface area contributed by atoms with Gasteiger partial charge in [-0.25, -0.2) is 4.98 Å². The lowest BCUT2D eigenvalue weighted by molar-refractivity contribution is -0.139. The number of ether oxygens (including phenoxy) is 3. The van der Waals surface area contributed by atoms with Crippen LogP contribution >= 0.6 is 0 Å². The van der Waals surface area contributed by atoms with Crippen molar-refractivity contribution in [3.8, 4) is 17.2 Å². The standard InChI is InChI=1S/C28H34N4O6/c1-16-10-8-12-31-17(2)22(29-27(16)31)24(33)21-23(32(28(35)25(21)34)13-9-11-30(3)4)18-14-19(36-5)26(38-7)20(15-18)37-6/h8,10,12,14-15,23,33H,9,11,13H2,1-7H3/b24-21+. The summed E-state index contributed by atoms with van der Waals surface area (Å²) in [5.41, 5.74) is 3.00. The number of likely N-dealkylation sites (tertiary alicyclic amines) is 1. The lowest BCUT2D eigenvalue weighted by atomic mass is 9.95. The van der Waals surface area contributed by atoms with E-state index in [-0.39, 0.29) is 17.0 Å². The fourth-order valence-electron chi connectivity index (χ4n) is 4.95. The number of imidazole rings is 1. The number of rotatable bonds is 9. The highest BCUT2D eigenvalue weighted by Crippen LogP contribution is 2.46. The second kappa shape index (κ2) is 10.7. The van der Waals surface area contributed by atoms with Gasteiger partial charge in [0.15, 0.2) is 17.3 Å². The molecule has 1 fully saturated rings. The van der Waals surface area contributed by atoms with Crippen molar-refractivity contribution >= 4 is 23.1 Å². The van der Waals surface area contributed by atoms with Gasteiger partial charge in [-0.3, -0.25) is 9.59 Å². The molecule has 0 radical (unpaired) electrons. The normalized spacial score (nSPS) is 17.1. The van der Waals surface area contributed by atoms with Crippen LogP contribution < -0.4 is 14.2 Å². The van der Waals surface area contributed by atoms with Crippen molar-refractivity contribution in [3.05, 3.63) is 58.6 Å². The molecule has 0 aliphatic carbocycles. The first-order chi connectivity index (χ1) is 18.1. The van der Waals surface area contributed by atoms with Crippen LogP contribution in [0.25, 0.3) is 11.4 Å². The number of ketones is 1. The van der Waals surface area contributed by atoms with Crippen molar-refractivity contribution in [2.45, 2.75) is 26.3 Å². The number of aliphatic hydroxyl groups excluding tert-OH is 1. The number of benzene rings is 1. The summed E-state index contributed by atoms with van der Waals surface area (Å²) in [5, 5.41) is 11.6. The monoisotopic (exact) mass is 522 g/mol. The maximum absolute atomic E-state index is 13.5. The molecule has 1 amide bonds. The lowest BCUT2D eigenvalue weighted by Gasteiger charge is -2.27. The fraction of sp³-hybridized carbons (Fsp3) is 0.393. The van der Waals surface area contributed by atoms with Crippen LogP contribution in [-0.2, 0) is 9.59 Å². The number of hydrogen-bond donors (Lipinski definition) is 1. The van der Waals surface area contributed by atoms with Gasteiger partial charge in [0.25, 0.3) is 11.7 Å². The van der Waals surface area contributed by atoms with Crippen LogP contribution in [0.1, 0.15) is 35.0 Å². The molecule has 1 N–H and O–H groups in total. The quantitative estimate of drug-likeness (QED) is 0.259. The fourth-order valence-corrected chi connectivity index (χ4v) is 4.95. The Morgan fingerprint density at radius 3 is 2.29 bits per heavy atom. The topological polar surface area (TPSA) is 106 Å². The number of methoxy groups -OCH3 is 3. The van der Waals surface area contributed by atoms with Crippen molar-refractivity contribution in [2.24, 2.45) is 0 Å². The summed E-state index contributed by atoms with van der Waals surface area (Å²) in [6.07, 6.45) is 2.48. The van der Waals surface area contributed by atoms with E-state index in [0.717, 1.165) is 12.1 Å². The number of fused-ring (bicyclic) bond motifs is 1. The van der Waals surface area contributed by atoms with Gasteiger partial charge < -0.3 is 33.5 Å². The minimum absolute atomic E-state index is 0.0294. The first-order valence-corrected chi connectivity index (χ1v) is 12.3. The number of carbonyl (C=O) groups excluding carboxylic acids is 2. The van der Waals surface area contributed by atoms with Gasteiger partial charge in [-0.05, 0) is 70.2 Å². The molecular weight excluding hydrogens is 488 g/mol. The summed E-state index contributed by atoms with van der Waals surface area (Å²) in [6, 6.07) is 6.33. The number of aliphatic hydroxyl groups is 1. The molecular formula is C28H34N4O6. The molecule has 10 heteroatoms. The first-order valence-electron chi connectivity index (χ1n) is 12.3. The van der Waals surface area contributed by atoms with E-state index in [4.69, 9.17) is 14.2 Å². The number of carbonyl (C=O) groups is 2. The third-order valence-corrected chi connectivity index (χ3v) is 6.86. The summed E-state index contributed by atoms with van der Waals surface area (Å²) in [7, 11) is 8.38. The third-order valence-electron chi connectivity index (χ3n) is 6.86. The third kappa shape index (κ3) is 4.56. The number of nitrogens with zero attached hydrogens (tertiary/aromatic N) is 4. The van der Waals surface area contributed by atoms with Crippen LogP contribution in [0.4, 0.5) is 0 Å². The van der Waals surface area contributed by atoms with E-state index in [2.05, 4.69) is 4.98 Å². The van der Waals surface area contributed by atoms with Gasteiger partial charge in [0.2, 0.25) is 5.75 Å². The van der Waals surface area contributed by atoms with Gasteiger partial charge in [0.05, 0.1) is 38.6 Å². The zero-order valence-corrected chi connectivity index (χ0v) is 22.9. The van der Waals surface area contributed by atoms with Gasteiger partial charge in [0, 0.05) is 12.7 Å². The van der Waals surface area contributed by atoms with E-state index in [1.165, 1.54) is 26.2 Å². The maximum Gasteiger partial charge on any atom is 0.295 e. The van der Waals surface area contributed by atoms with Crippen molar-refractivity contribution in [3.63, 3.8) is 0 Å². The molecule has 0 bridgehead atoms. The molecule has 1 saturated heterocycles. The van der Waals surface area contributed by atoms with Crippen LogP contribution in [0.3, 0.4) is 0 Å². The number of Topliss-reactive ketones (excluding diaryl/α,β-unsaturated/α-hetero) is 1. The maximum atomic E-state index is 13.5. The molecule has 1 aliphatic rings. The lowest BCUT2D eigenvalue weighted by Crippen LogP contribution is -2.32. The molecule has 4 rings (SSSR count). The minimum atomic E-state index is -0.879. The number of hydrogen-bond acceptors (Lipinski definition) is 8. The summed E-state index contributed by atoms with van der Waals surface area (Å²) in [5.74, 6) is -0.630. The van der Waals surface area contributed by atoms with Gasteiger partial charge in [0.1, 0.15) is 11.3 Å². The molecule has 10 nitrogen and oxygen atoms in total. The zero-order chi connectivity index (χ0) is 27.7. The number of pyridine rings is 1. The Morgan fingerprint density at radius 1 is 1.08 bits per heavy atom. The van der Waals surface area contributed by atoms with Crippen molar-refractivity contribution in [1.82, 2.24) is 19.2 Å². The van der Waals surface area contributed by atoms with Crippen LogP contribution in [0.2, 0.25) is 0 Å². The molecule has 3 heterocycles. The Morgan fingerprint density at radius 2 is 1.74 bits per heavy atom. The molecule has 202 valence electrons. The Labute approximate surface area is 222 Å². The first kappa shape index (κ1) is 27.0. The molecule has 1 unspecified atom stereocenters. The predicted octanol–water partition coefficient (Wildman–Crippen LogP) is 3.35. The van der Waals surface area contributed by atoms with E-state index in [0.29, 0.717) is 47.1 Å². The van der Waals surface area contributed by atoms with Crippen molar-refractivity contribution in [1.29, 1.82) is 0 Å². The molecule has 1 aromatic carbocycles. The van der Waals surface area contributed by atoms with E-state index in [1.54, 1.807) is 12.1 Å². The van der Waals surface area contributed by atoms with Crippen LogP contribution in [0.5, 0.6) is 17.2 Å². The molecule has 1 atom stereocenters. The molecule has 0 saturated carbocycles. The van der Waals surface area contributed by atoms with E-state index < -0.39 is 17.7 Å². The number of amides is 1. The Hall–Kier alpha value is -4.05. The van der Waals surface area contributed by atoms with Crippen LogP contribution in [0, 0.1) is 13.8 Å². The largest absolute Gasteiger partial charge is 0.505 e. The highest BCUT2D eigenvalue weighted by molar-refractivity contribution is 6.46. The minimum Gasteiger partial charge on any atom is -0.505 e. The predicted molar refractivity (Wildman–Crippen MR) is 143 cm³/mol. The van der Waals surface area contributed by atoms with E-state index >= 15 is 0 Å². The summed E-state index contributed by atoms with van der Waals surface area (Å²) < 4.78 is 18.4. The smallest absolute Gasteiger partial charge is 0.295 e. The van der Waals surface area contributed by atoms with Crippen LogP contribution in [-0.4, -0.2) is 84.5 Å². The van der Waals surface area contributed by atoms with Gasteiger partial charge >= 0.3 is 0 Å². The van der Waals surface area contributed by atoms with Crippen molar-refractivity contribution in [2.75, 3.05) is 48.5 Å². The van der Waals surface area contributed by atoms with Crippen LogP contribution in [0.15, 0.2) is 36.0 Å². The highest BCUT2D eigenvalue weighted by atomic mass is 16.5. The zero-order valence-electron chi connectivity index (χ0n) is 22.9. The molecule has 3 aromatic rings. The van der Waals surface area contributed by atoms with Gasteiger partial charge in [-0.2, -0.15) is 0 Å². The molecule has 0 spiro atoms. The van der Waals surface area contributed by atoms with E-state index in [9.17, 15) is 14.7 Å². The molecule has 38 heavy (non-hydrogen) atoms.